The highest BCUT2D eigenvalue weighted by Gasteiger charge is 2.74. The summed E-state index contributed by atoms with van der Waals surface area (Å²) in [6.45, 7) is 3.64. The molecule has 6 nitrogen and oxygen atoms in total. The van der Waals surface area contributed by atoms with Gasteiger partial charge in [-0.3, -0.25) is 19.2 Å². The molecule has 0 unspecified atom stereocenters. The Kier molecular flexibility index (Phi) is 5.20. The van der Waals surface area contributed by atoms with Gasteiger partial charge in [0.05, 0.1) is 35.0 Å². The van der Waals surface area contributed by atoms with E-state index in [0.717, 1.165) is 15.4 Å². The highest BCUT2D eigenvalue weighted by atomic mass is 35.5. The van der Waals surface area contributed by atoms with Crippen molar-refractivity contribution < 1.29 is 19.2 Å². The number of carbonyl (C=O) groups excluding carboxylic acids is 4. The Morgan fingerprint density at radius 3 is 1.33 bits per heavy atom. The van der Waals surface area contributed by atoms with Gasteiger partial charge in [0.25, 0.3) is 0 Å². The number of amides is 4. The first-order valence-corrected chi connectivity index (χ1v) is 12.8. The third kappa shape index (κ3) is 3.05. The van der Waals surface area contributed by atoms with E-state index in [0.29, 0.717) is 0 Å². The molecule has 2 aromatic rings. The molecular weight excluding hydrogens is 546 g/mol. The monoisotopic (exact) mass is 562 g/mol. The second kappa shape index (κ2) is 7.81. The van der Waals surface area contributed by atoms with Crippen LogP contribution in [0.1, 0.15) is 13.8 Å². The van der Waals surface area contributed by atoms with Gasteiger partial charge >= 0.3 is 0 Å². The standard InChI is InChI=1S/C26H18Cl4N2O4/c1-10-9-26(2)20-18(22(33)31(24(20)35)15-5-11(27)3-12(28)6-15)17(10)19-21(26)25(36)32(23(19)34)16-7-13(29)4-14(30)8-16/h3-9,17-21H,1-2H3/t17?,18-,19-,20-,21-,26?/m1/s1. The normalized spacial score (nSPS) is 32.8. The van der Waals surface area contributed by atoms with E-state index in [-0.39, 0.29) is 31.5 Å². The SMILES string of the molecule is CC1=CC2(C)[C@H]3C(=O)N(c4cc(Cl)cc(Cl)c4)C(=O)[C@@H]3C1[C@H]1C(=O)N(c3cc(Cl)cc(Cl)c3)C(=O)[C@@H]12. The molecule has 36 heavy (non-hydrogen) atoms. The van der Waals surface area contributed by atoms with E-state index >= 15 is 0 Å². The van der Waals surface area contributed by atoms with Crippen molar-refractivity contribution >= 4 is 81.4 Å². The summed E-state index contributed by atoms with van der Waals surface area (Å²) < 4.78 is 0. The molecule has 4 atom stereocenters. The molecule has 1 saturated carbocycles. The molecule has 184 valence electrons. The molecule has 2 heterocycles. The Morgan fingerprint density at radius 2 is 0.972 bits per heavy atom. The van der Waals surface area contributed by atoms with Gasteiger partial charge in [-0.2, -0.15) is 0 Å². The number of hydrogen-bond acceptors (Lipinski definition) is 4. The van der Waals surface area contributed by atoms with Crippen LogP contribution in [0.2, 0.25) is 20.1 Å². The van der Waals surface area contributed by atoms with Crippen LogP contribution in [0.3, 0.4) is 0 Å². The summed E-state index contributed by atoms with van der Waals surface area (Å²) in [7, 11) is 0. The molecule has 0 N–H and O–H groups in total. The van der Waals surface area contributed by atoms with Crippen molar-refractivity contribution in [3.05, 3.63) is 68.1 Å². The minimum atomic E-state index is -1.05. The van der Waals surface area contributed by atoms with Crippen LogP contribution in [0.25, 0.3) is 0 Å². The summed E-state index contributed by atoms with van der Waals surface area (Å²) in [6.07, 6.45) is 1.90. The molecule has 4 amide bonds. The van der Waals surface area contributed by atoms with Crippen molar-refractivity contribution in [3.63, 3.8) is 0 Å². The predicted molar refractivity (Wildman–Crippen MR) is 137 cm³/mol. The number of carbonyl (C=O) groups is 4. The van der Waals surface area contributed by atoms with Crippen LogP contribution in [0.5, 0.6) is 0 Å². The summed E-state index contributed by atoms with van der Waals surface area (Å²) >= 11 is 24.6. The van der Waals surface area contributed by atoms with Gasteiger partial charge in [0, 0.05) is 31.4 Å². The fourth-order valence-electron chi connectivity index (χ4n) is 7.01. The highest BCUT2D eigenvalue weighted by molar-refractivity contribution is 6.37. The molecule has 5 aliphatic rings. The van der Waals surface area contributed by atoms with Crippen molar-refractivity contribution in [1.29, 1.82) is 0 Å². The van der Waals surface area contributed by atoms with Gasteiger partial charge in [-0.1, -0.05) is 65.0 Å². The van der Waals surface area contributed by atoms with Crippen LogP contribution in [0, 0.1) is 35.0 Å². The minimum Gasteiger partial charge on any atom is -0.274 e. The maximum atomic E-state index is 13.8. The molecule has 3 aliphatic carbocycles. The fraction of sp³-hybridized carbons (Fsp3) is 0.308. The molecule has 2 bridgehead atoms. The first-order chi connectivity index (χ1) is 16.9. The van der Waals surface area contributed by atoms with Gasteiger partial charge in [0.1, 0.15) is 0 Å². The molecular formula is C26H18Cl4N2O4. The van der Waals surface area contributed by atoms with Crippen LogP contribution in [0.4, 0.5) is 11.4 Å². The lowest BCUT2D eigenvalue weighted by Gasteiger charge is -2.53. The zero-order valence-corrected chi connectivity index (χ0v) is 22.0. The number of anilines is 2. The molecule has 7 rings (SSSR count). The van der Waals surface area contributed by atoms with Gasteiger partial charge in [-0.25, -0.2) is 9.80 Å². The number of rotatable bonds is 2. The Hall–Kier alpha value is -2.38. The average Bonchev–Trinajstić information content (AvgIpc) is 3.18. The lowest BCUT2D eigenvalue weighted by molar-refractivity contribution is -0.146. The molecule has 3 fully saturated rings. The third-order valence-corrected chi connectivity index (χ3v) is 8.96. The first kappa shape index (κ1) is 24.0. The van der Waals surface area contributed by atoms with Crippen LogP contribution in [0.15, 0.2) is 48.0 Å². The van der Waals surface area contributed by atoms with Crippen molar-refractivity contribution in [2.24, 2.45) is 35.0 Å². The summed E-state index contributed by atoms with van der Waals surface area (Å²) in [5.41, 5.74) is 0.312. The van der Waals surface area contributed by atoms with Gasteiger partial charge in [0.15, 0.2) is 0 Å². The van der Waals surface area contributed by atoms with E-state index in [9.17, 15) is 19.2 Å². The molecule has 10 heteroatoms. The van der Waals surface area contributed by atoms with Crippen molar-refractivity contribution in [3.8, 4) is 0 Å². The fourth-order valence-corrected chi connectivity index (χ4v) is 8.04. The van der Waals surface area contributed by atoms with Crippen molar-refractivity contribution in [1.82, 2.24) is 0 Å². The first-order valence-electron chi connectivity index (χ1n) is 11.3. The minimum absolute atomic E-state index is 0.274. The molecule has 2 aromatic carbocycles. The van der Waals surface area contributed by atoms with Gasteiger partial charge in [-0.05, 0) is 43.3 Å². The average molecular weight is 564 g/mol. The lowest BCUT2D eigenvalue weighted by atomic mass is 9.46. The zero-order valence-electron chi connectivity index (χ0n) is 19.0. The van der Waals surface area contributed by atoms with Gasteiger partial charge in [0.2, 0.25) is 23.6 Å². The van der Waals surface area contributed by atoms with Crippen molar-refractivity contribution in [2.45, 2.75) is 13.8 Å². The van der Waals surface area contributed by atoms with E-state index in [1.807, 2.05) is 13.0 Å². The van der Waals surface area contributed by atoms with Crippen molar-refractivity contribution in [2.75, 3.05) is 9.80 Å². The quantitative estimate of drug-likeness (QED) is 0.341. The smallest absolute Gasteiger partial charge is 0.238 e. The van der Waals surface area contributed by atoms with Crippen LogP contribution < -0.4 is 9.80 Å². The molecule has 2 saturated heterocycles. The Balaban J connectivity index is 1.48. The van der Waals surface area contributed by atoms with Gasteiger partial charge in [-0.15, -0.1) is 0 Å². The van der Waals surface area contributed by atoms with E-state index in [4.69, 9.17) is 46.4 Å². The second-order valence-electron chi connectivity index (χ2n) is 10.1. The Bertz CT molecular complexity index is 1320. The number of nitrogens with zero attached hydrogens (tertiary/aromatic N) is 2. The zero-order chi connectivity index (χ0) is 25.8. The van der Waals surface area contributed by atoms with E-state index in [1.165, 1.54) is 36.4 Å². The number of allylic oxidation sites excluding steroid dienone is 2. The number of hydrogen-bond donors (Lipinski definition) is 0. The predicted octanol–water partition coefficient (Wildman–Crippen LogP) is 5.81. The molecule has 0 aromatic heterocycles. The molecule has 0 spiro atoms. The van der Waals surface area contributed by atoms with Crippen LogP contribution >= 0.6 is 46.4 Å². The van der Waals surface area contributed by atoms with Gasteiger partial charge < -0.3 is 0 Å². The number of imide groups is 2. The maximum absolute atomic E-state index is 13.8. The highest BCUT2D eigenvalue weighted by Crippen LogP contribution is 2.66. The third-order valence-electron chi connectivity index (χ3n) is 8.09. The van der Waals surface area contributed by atoms with Crippen LogP contribution in [-0.2, 0) is 19.2 Å². The number of benzene rings is 2. The Morgan fingerprint density at radius 1 is 0.611 bits per heavy atom. The molecule has 2 aliphatic heterocycles. The van der Waals surface area contributed by atoms with E-state index in [1.54, 1.807) is 6.92 Å². The summed E-state index contributed by atoms with van der Waals surface area (Å²) in [6, 6.07) is 9.05. The summed E-state index contributed by atoms with van der Waals surface area (Å²) in [5.74, 6) is -5.49. The maximum Gasteiger partial charge on any atom is 0.238 e. The summed E-state index contributed by atoms with van der Waals surface area (Å²) in [4.78, 5) is 57.5. The van der Waals surface area contributed by atoms with Crippen LogP contribution in [-0.4, -0.2) is 23.6 Å². The van der Waals surface area contributed by atoms with E-state index < -0.39 is 58.6 Å². The Labute approximate surface area is 226 Å². The summed E-state index contributed by atoms with van der Waals surface area (Å²) in [5, 5.41) is 1.15. The number of halogens is 4. The second-order valence-corrected chi connectivity index (χ2v) is 11.8. The lowest BCUT2D eigenvalue weighted by Crippen LogP contribution is -2.57. The van der Waals surface area contributed by atoms with E-state index in [2.05, 4.69) is 0 Å². The molecule has 0 radical (unpaired) electrons. The topological polar surface area (TPSA) is 74.8 Å². The largest absolute Gasteiger partial charge is 0.274 e.